The molecule has 2 aliphatic rings. The minimum atomic E-state index is -0.700. The number of benzene rings is 3. The lowest BCUT2D eigenvalue weighted by molar-refractivity contribution is -0.154. The van der Waals surface area contributed by atoms with Crippen molar-refractivity contribution in [2.45, 2.75) is 23.9 Å². The first kappa shape index (κ1) is 24.6. The third-order valence-electron chi connectivity index (χ3n) is 6.39. The Morgan fingerprint density at radius 3 is 2.11 bits per heavy atom. The quantitative estimate of drug-likeness (QED) is 0.359. The van der Waals surface area contributed by atoms with Crippen LogP contribution in [-0.4, -0.2) is 39.9 Å². The minimum absolute atomic E-state index is 0.181. The van der Waals surface area contributed by atoms with Gasteiger partial charge < -0.3 is 10.1 Å². The number of allylic oxidation sites excluding steroid dienone is 1. The van der Waals surface area contributed by atoms with Crippen LogP contribution in [0.2, 0.25) is 0 Å². The van der Waals surface area contributed by atoms with E-state index in [1.54, 1.807) is 6.08 Å². The van der Waals surface area contributed by atoms with Crippen LogP contribution in [-0.2, 0) is 25.5 Å². The molecule has 3 aromatic carbocycles. The highest BCUT2D eigenvalue weighted by atomic mass is 32.2. The second-order valence-corrected chi connectivity index (χ2v) is 9.91. The number of amides is 2. The van der Waals surface area contributed by atoms with Gasteiger partial charge in [-0.25, -0.2) is 4.79 Å². The molecule has 1 fully saturated rings. The zero-order valence-electron chi connectivity index (χ0n) is 20.1. The molecule has 37 heavy (non-hydrogen) atoms. The van der Waals surface area contributed by atoms with Crippen molar-refractivity contribution in [1.29, 1.82) is 0 Å². The highest BCUT2D eigenvalue weighted by Crippen LogP contribution is 2.41. The Bertz CT molecular complexity index is 1300. The van der Waals surface area contributed by atoms with E-state index in [0.29, 0.717) is 11.3 Å². The van der Waals surface area contributed by atoms with Crippen molar-refractivity contribution in [3.8, 4) is 0 Å². The van der Waals surface area contributed by atoms with Crippen LogP contribution in [0, 0.1) is 0 Å². The number of fused-ring (bicyclic) bond motifs is 1. The van der Waals surface area contributed by atoms with Crippen molar-refractivity contribution in [3.63, 3.8) is 0 Å². The first-order valence-electron chi connectivity index (χ1n) is 12.0. The number of thioether (sulfide) groups is 1. The SMILES string of the molecule is C=CC1=C(C(=O)OC(c2ccccc2)c2ccccc2)N2C(=O)C(NC(=O)Cc3ccccc3)C2SC1. The maximum absolute atomic E-state index is 13.6. The van der Waals surface area contributed by atoms with Gasteiger partial charge in [0.25, 0.3) is 5.91 Å². The lowest BCUT2D eigenvalue weighted by Crippen LogP contribution is -2.70. The van der Waals surface area contributed by atoms with Crippen LogP contribution < -0.4 is 5.32 Å². The summed E-state index contributed by atoms with van der Waals surface area (Å²) in [5.74, 6) is -0.684. The van der Waals surface area contributed by atoms with E-state index in [2.05, 4.69) is 11.9 Å². The van der Waals surface area contributed by atoms with E-state index in [1.165, 1.54) is 16.7 Å². The predicted molar refractivity (Wildman–Crippen MR) is 143 cm³/mol. The van der Waals surface area contributed by atoms with Crippen molar-refractivity contribution < 1.29 is 19.1 Å². The summed E-state index contributed by atoms with van der Waals surface area (Å²) in [6.45, 7) is 3.85. The Morgan fingerprint density at radius 1 is 0.973 bits per heavy atom. The molecule has 2 amide bonds. The smallest absolute Gasteiger partial charge is 0.356 e. The fourth-order valence-electron chi connectivity index (χ4n) is 4.54. The van der Waals surface area contributed by atoms with E-state index in [9.17, 15) is 14.4 Å². The van der Waals surface area contributed by atoms with Crippen LogP contribution in [0.4, 0.5) is 0 Å². The molecule has 2 aliphatic heterocycles. The summed E-state index contributed by atoms with van der Waals surface area (Å²) in [5.41, 5.74) is 3.34. The molecule has 0 radical (unpaired) electrons. The minimum Gasteiger partial charge on any atom is -0.448 e. The van der Waals surface area contributed by atoms with Gasteiger partial charge in [0.15, 0.2) is 6.10 Å². The molecule has 1 saturated heterocycles. The fourth-order valence-corrected chi connectivity index (χ4v) is 5.88. The molecule has 2 heterocycles. The lowest BCUT2D eigenvalue weighted by atomic mass is 10.0. The van der Waals surface area contributed by atoms with E-state index in [-0.39, 0.29) is 29.3 Å². The number of esters is 1. The van der Waals surface area contributed by atoms with Gasteiger partial charge >= 0.3 is 5.97 Å². The molecule has 2 unspecified atom stereocenters. The topological polar surface area (TPSA) is 75.7 Å². The van der Waals surface area contributed by atoms with E-state index >= 15 is 0 Å². The standard InChI is InChI=1S/C30H26N2O4S/c1-2-21-19-37-29-25(31-24(33)18-20-12-6-3-7-13-20)28(34)32(29)26(21)30(35)36-27(22-14-8-4-9-15-22)23-16-10-5-11-17-23/h2-17,25,27,29H,1,18-19H2,(H,31,33). The number of rotatable bonds is 8. The van der Waals surface area contributed by atoms with Gasteiger partial charge in [0.1, 0.15) is 17.1 Å². The molecule has 0 spiro atoms. The predicted octanol–water partition coefficient (Wildman–Crippen LogP) is 4.40. The molecule has 6 nitrogen and oxygen atoms in total. The number of carbonyl (C=O) groups excluding carboxylic acids is 3. The average molecular weight is 511 g/mol. The van der Waals surface area contributed by atoms with Crippen LogP contribution in [0.3, 0.4) is 0 Å². The van der Waals surface area contributed by atoms with E-state index in [4.69, 9.17) is 4.74 Å². The number of hydrogen-bond acceptors (Lipinski definition) is 5. The Morgan fingerprint density at radius 2 is 1.54 bits per heavy atom. The molecule has 0 aliphatic carbocycles. The van der Waals surface area contributed by atoms with E-state index in [0.717, 1.165) is 16.7 Å². The van der Waals surface area contributed by atoms with Crippen LogP contribution >= 0.6 is 11.8 Å². The van der Waals surface area contributed by atoms with Gasteiger partial charge in [0, 0.05) is 5.75 Å². The molecule has 5 rings (SSSR count). The highest BCUT2D eigenvalue weighted by Gasteiger charge is 2.54. The van der Waals surface area contributed by atoms with Gasteiger partial charge in [-0.2, -0.15) is 0 Å². The molecule has 0 saturated carbocycles. The summed E-state index contributed by atoms with van der Waals surface area (Å²) in [6, 6.07) is 27.6. The molecule has 2 atom stereocenters. The molecule has 186 valence electrons. The van der Waals surface area contributed by atoms with Gasteiger partial charge in [-0.15, -0.1) is 11.8 Å². The molecule has 7 heteroatoms. The third-order valence-corrected chi connectivity index (χ3v) is 7.69. The summed E-state index contributed by atoms with van der Waals surface area (Å²) in [4.78, 5) is 40.9. The molecular weight excluding hydrogens is 484 g/mol. The largest absolute Gasteiger partial charge is 0.448 e. The molecule has 1 N–H and O–H groups in total. The average Bonchev–Trinajstić information content (AvgIpc) is 2.95. The first-order valence-corrected chi connectivity index (χ1v) is 13.1. The third kappa shape index (κ3) is 5.08. The van der Waals surface area contributed by atoms with Crippen molar-refractivity contribution >= 4 is 29.5 Å². The van der Waals surface area contributed by atoms with Crippen LogP contribution in [0.5, 0.6) is 0 Å². The molecular formula is C30H26N2O4S. The maximum atomic E-state index is 13.6. The van der Waals surface area contributed by atoms with Gasteiger partial charge in [-0.05, 0) is 22.3 Å². The Labute approximate surface area is 220 Å². The summed E-state index contributed by atoms with van der Waals surface area (Å²) in [5, 5.41) is 2.46. The summed E-state index contributed by atoms with van der Waals surface area (Å²) in [7, 11) is 0. The van der Waals surface area contributed by atoms with Crippen molar-refractivity contribution in [1.82, 2.24) is 10.2 Å². The first-order chi connectivity index (χ1) is 18.1. The van der Waals surface area contributed by atoms with E-state index in [1.807, 2.05) is 91.0 Å². The van der Waals surface area contributed by atoms with Gasteiger partial charge in [-0.1, -0.05) is 104 Å². The number of β-lactam (4-membered cyclic amide) rings is 1. The number of carbonyl (C=O) groups is 3. The number of nitrogens with zero attached hydrogens (tertiary/aromatic N) is 1. The van der Waals surface area contributed by atoms with Gasteiger partial charge in [0.2, 0.25) is 5.91 Å². The second-order valence-electron chi connectivity index (χ2n) is 8.80. The van der Waals surface area contributed by atoms with Gasteiger partial charge in [-0.3, -0.25) is 14.5 Å². The zero-order chi connectivity index (χ0) is 25.8. The second kappa shape index (κ2) is 10.9. The molecule has 3 aromatic rings. The number of ether oxygens (including phenoxy) is 1. The Kier molecular flexibility index (Phi) is 7.23. The van der Waals surface area contributed by atoms with Crippen LogP contribution in [0.15, 0.2) is 115 Å². The van der Waals surface area contributed by atoms with Crippen LogP contribution in [0.1, 0.15) is 22.8 Å². The molecule has 0 aromatic heterocycles. The number of nitrogens with one attached hydrogen (secondary N) is 1. The monoisotopic (exact) mass is 510 g/mol. The van der Waals surface area contributed by atoms with E-state index < -0.39 is 18.1 Å². The normalized spacial score (nSPS) is 18.6. The zero-order valence-corrected chi connectivity index (χ0v) is 20.9. The van der Waals surface area contributed by atoms with Crippen molar-refractivity contribution in [2.75, 3.05) is 5.75 Å². The van der Waals surface area contributed by atoms with Crippen LogP contribution in [0.25, 0.3) is 0 Å². The fraction of sp³-hybridized carbons (Fsp3) is 0.167. The number of hydrogen-bond donors (Lipinski definition) is 1. The van der Waals surface area contributed by atoms with Gasteiger partial charge in [0.05, 0.1) is 6.42 Å². The summed E-state index contributed by atoms with van der Waals surface area (Å²) in [6.07, 6.45) is 1.13. The summed E-state index contributed by atoms with van der Waals surface area (Å²) < 4.78 is 6.06. The van der Waals surface area contributed by atoms with Crippen molar-refractivity contribution in [2.24, 2.45) is 0 Å². The maximum Gasteiger partial charge on any atom is 0.356 e. The molecule has 0 bridgehead atoms. The highest BCUT2D eigenvalue weighted by molar-refractivity contribution is 8.00. The lowest BCUT2D eigenvalue weighted by Gasteiger charge is -2.49. The Hall–Kier alpha value is -4.10. The summed E-state index contributed by atoms with van der Waals surface area (Å²) >= 11 is 1.49. The Balaban J connectivity index is 1.35. The van der Waals surface area contributed by atoms with Crippen molar-refractivity contribution in [3.05, 3.63) is 132 Å².